The van der Waals surface area contributed by atoms with Crippen LogP contribution in [0, 0.1) is 6.92 Å². The number of carboxylic acid groups (broad SMARTS) is 1. The Hall–Kier alpha value is -3.66. The molecule has 0 aliphatic carbocycles. The number of hydrogen-bond donors (Lipinski definition) is 1. The van der Waals surface area contributed by atoms with Gasteiger partial charge in [-0.05, 0) is 49.2 Å². The summed E-state index contributed by atoms with van der Waals surface area (Å²) in [4.78, 5) is 21.9. The van der Waals surface area contributed by atoms with Gasteiger partial charge in [0, 0.05) is 26.1 Å². The van der Waals surface area contributed by atoms with Crippen LogP contribution >= 0.6 is 0 Å². The number of carbonyl (C=O) groups is 1. The van der Waals surface area contributed by atoms with Gasteiger partial charge in [0.2, 0.25) is 0 Å². The van der Waals surface area contributed by atoms with Crippen molar-refractivity contribution in [2.24, 2.45) is 0 Å². The van der Waals surface area contributed by atoms with Gasteiger partial charge in [-0.2, -0.15) is 0 Å². The highest BCUT2D eigenvalue weighted by atomic mass is 32.2. The summed E-state index contributed by atoms with van der Waals surface area (Å²) in [6.07, 6.45) is 2.74. The molecule has 0 radical (unpaired) electrons. The molecule has 0 spiro atoms. The van der Waals surface area contributed by atoms with E-state index in [1.807, 2.05) is 32.0 Å². The van der Waals surface area contributed by atoms with Gasteiger partial charge in [0.15, 0.2) is 0 Å². The SMILES string of the molecule is Cc1cccc(S(=O)(=O)N2C[C@H](CCC(=O)O)Oc3ccc(-c4cncc(N(C)C)n4)cc32)c1. The third kappa shape index (κ3) is 4.81. The zero-order valence-corrected chi connectivity index (χ0v) is 20.0. The number of aromatic nitrogens is 2. The number of carboxylic acids is 1. The summed E-state index contributed by atoms with van der Waals surface area (Å²) in [5.41, 5.74) is 2.48. The van der Waals surface area contributed by atoms with Crippen LogP contribution in [0.4, 0.5) is 11.5 Å². The summed E-state index contributed by atoms with van der Waals surface area (Å²) in [6, 6.07) is 11.9. The summed E-state index contributed by atoms with van der Waals surface area (Å²) in [5.74, 6) is 0.0833. The normalized spacial score (nSPS) is 15.4. The van der Waals surface area contributed by atoms with E-state index in [-0.39, 0.29) is 24.3 Å². The van der Waals surface area contributed by atoms with Gasteiger partial charge in [0.25, 0.3) is 10.0 Å². The molecule has 10 heteroatoms. The zero-order chi connectivity index (χ0) is 24.5. The van der Waals surface area contributed by atoms with E-state index in [2.05, 4.69) is 9.97 Å². The first-order valence-corrected chi connectivity index (χ1v) is 12.2. The second-order valence-corrected chi connectivity index (χ2v) is 10.2. The van der Waals surface area contributed by atoms with Gasteiger partial charge in [-0.15, -0.1) is 0 Å². The Morgan fingerprint density at radius 2 is 2.00 bits per heavy atom. The molecule has 4 rings (SSSR count). The number of aryl methyl sites for hydroxylation is 1. The molecule has 0 saturated carbocycles. The van der Waals surface area contributed by atoms with Crippen LogP contribution in [-0.4, -0.2) is 56.2 Å². The molecule has 0 bridgehead atoms. The van der Waals surface area contributed by atoms with Crippen LogP contribution in [-0.2, 0) is 14.8 Å². The predicted molar refractivity (Wildman–Crippen MR) is 129 cm³/mol. The molecule has 178 valence electrons. The van der Waals surface area contributed by atoms with E-state index in [9.17, 15) is 13.2 Å². The van der Waals surface area contributed by atoms with E-state index < -0.39 is 22.1 Å². The van der Waals surface area contributed by atoms with Crippen molar-refractivity contribution in [3.63, 3.8) is 0 Å². The molecular weight excluding hydrogens is 456 g/mol. The Balaban J connectivity index is 1.80. The molecule has 1 N–H and O–H groups in total. The van der Waals surface area contributed by atoms with E-state index in [1.54, 1.807) is 48.8 Å². The van der Waals surface area contributed by atoms with Crippen molar-refractivity contribution in [1.29, 1.82) is 0 Å². The maximum Gasteiger partial charge on any atom is 0.303 e. The maximum atomic E-state index is 13.7. The monoisotopic (exact) mass is 482 g/mol. The highest BCUT2D eigenvalue weighted by molar-refractivity contribution is 7.92. The Morgan fingerprint density at radius 1 is 1.21 bits per heavy atom. The molecule has 1 aliphatic rings. The van der Waals surface area contributed by atoms with Crippen molar-refractivity contribution >= 4 is 27.5 Å². The molecular formula is C24H26N4O5S. The average Bonchev–Trinajstić information content (AvgIpc) is 2.82. The molecule has 0 unspecified atom stereocenters. The highest BCUT2D eigenvalue weighted by Gasteiger charge is 2.35. The van der Waals surface area contributed by atoms with Crippen molar-refractivity contribution in [2.75, 3.05) is 29.8 Å². The minimum Gasteiger partial charge on any atom is -0.486 e. The van der Waals surface area contributed by atoms with E-state index in [4.69, 9.17) is 9.84 Å². The fourth-order valence-electron chi connectivity index (χ4n) is 3.75. The van der Waals surface area contributed by atoms with Crippen molar-refractivity contribution in [3.05, 3.63) is 60.4 Å². The van der Waals surface area contributed by atoms with Crippen LogP contribution in [0.2, 0.25) is 0 Å². The van der Waals surface area contributed by atoms with Gasteiger partial charge in [0.1, 0.15) is 17.7 Å². The van der Waals surface area contributed by atoms with Crippen LogP contribution < -0.4 is 13.9 Å². The van der Waals surface area contributed by atoms with Gasteiger partial charge >= 0.3 is 5.97 Å². The van der Waals surface area contributed by atoms with Crippen LogP contribution in [0.1, 0.15) is 18.4 Å². The number of nitrogens with zero attached hydrogens (tertiary/aromatic N) is 4. The molecule has 2 heterocycles. The first kappa shape index (κ1) is 23.5. The van der Waals surface area contributed by atoms with Crippen LogP contribution in [0.3, 0.4) is 0 Å². The number of ether oxygens (including phenoxy) is 1. The van der Waals surface area contributed by atoms with Crippen LogP contribution in [0.5, 0.6) is 5.75 Å². The van der Waals surface area contributed by atoms with E-state index >= 15 is 0 Å². The molecule has 0 fully saturated rings. The molecule has 1 aromatic heterocycles. The average molecular weight is 483 g/mol. The molecule has 0 amide bonds. The summed E-state index contributed by atoms with van der Waals surface area (Å²) >= 11 is 0. The van der Waals surface area contributed by atoms with Crippen LogP contribution in [0.15, 0.2) is 59.8 Å². The highest BCUT2D eigenvalue weighted by Crippen LogP contribution is 2.40. The number of sulfonamides is 1. The van der Waals surface area contributed by atoms with Crippen molar-refractivity contribution in [2.45, 2.75) is 30.8 Å². The lowest BCUT2D eigenvalue weighted by Crippen LogP contribution is -2.43. The third-order valence-corrected chi connectivity index (χ3v) is 7.30. The molecule has 0 saturated heterocycles. The quantitative estimate of drug-likeness (QED) is 0.546. The molecule has 9 nitrogen and oxygen atoms in total. The van der Waals surface area contributed by atoms with Crippen molar-refractivity contribution < 1.29 is 23.1 Å². The molecule has 1 atom stereocenters. The summed E-state index contributed by atoms with van der Waals surface area (Å²) in [5, 5.41) is 9.09. The van der Waals surface area contributed by atoms with Crippen molar-refractivity contribution in [3.8, 4) is 17.0 Å². The minimum atomic E-state index is -3.93. The first-order chi connectivity index (χ1) is 16.1. The molecule has 34 heavy (non-hydrogen) atoms. The Labute approximate surface area is 198 Å². The number of benzene rings is 2. The Bertz CT molecular complexity index is 1330. The van der Waals surface area contributed by atoms with Gasteiger partial charge < -0.3 is 14.7 Å². The lowest BCUT2D eigenvalue weighted by molar-refractivity contribution is -0.137. The van der Waals surface area contributed by atoms with Gasteiger partial charge in [-0.25, -0.2) is 13.4 Å². The van der Waals surface area contributed by atoms with Gasteiger partial charge in [-0.1, -0.05) is 12.1 Å². The second-order valence-electron chi connectivity index (χ2n) is 8.36. The largest absolute Gasteiger partial charge is 0.486 e. The van der Waals surface area contributed by atoms with E-state index in [1.165, 1.54) is 4.31 Å². The summed E-state index contributed by atoms with van der Waals surface area (Å²) in [7, 11) is -0.202. The topological polar surface area (TPSA) is 113 Å². The fraction of sp³-hybridized carbons (Fsp3) is 0.292. The number of rotatable bonds is 7. The lowest BCUT2D eigenvalue weighted by Gasteiger charge is -2.35. The van der Waals surface area contributed by atoms with Crippen LogP contribution in [0.25, 0.3) is 11.3 Å². The van der Waals surface area contributed by atoms with E-state index in [0.29, 0.717) is 28.5 Å². The minimum absolute atomic E-state index is 0.00340. The first-order valence-electron chi connectivity index (χ1n) is 10.8. The third-order valence-electron chi connectivity index (χ3n) is 5.52. The number of aliphatic carboxylic acids is 1. The zero-order valence-electron chi connectivity index (χ0n) is 19.2. The standard InChI is InChI=1S/C24H26N4O5S/c1-16-5-4-6-19(11-16)34(31,32)28-15-18(8-10-24(29)30)33-22-9-7-17(12-21(22)28)20-13-25-14-23(26-20)27(2)3/h4-7,9,11-14,18H,8,10,15H2,1-3H3,(H,29,30)/t18-/m0/s1. The smallest absolute Gasteiger partial charge is 0.303 e. The number of fused-ring (bicyclic) bond motifs is 1. The predicted octanol–water partition coefficient (Wildman–Crippen LogP) is 3.34. The maximum absolute atomic E-state index is 13.7. The van der Waals surface area contributed by atoms with Crippen molar-refractivity contribution in [1.82, 2.24) is 9.97 Å². The molecule has 3 aromatic rings. The fourth-order valence-corrected chi connectivity index (χ4v) is 5.35. The number of hydrogen-bond acceptors (Lipinski definition) is 7. The lowest BCUT2D eigenvalue weighted by atomic mass is 10.1. The summed E-state index contributed by atoms with van der Waals surface area (Å²) < 4.78 is 34.7. The molecule has 1 aliphatic heterocycles. The number of anilines is 2. The van der Waals surface area contributed by atoms with E-state index in [0.717, 1.165) is 5.56 Å². The Morgan fingerprint density at radius 3 is 2.71 bits per heavy atom. The Kier molecular flexibility index (Phi) is 6.43. The van der Waals surface area contributed by atoms with Gasteiger partial charge in [0.05, 0.1) is 35.2 Å². The summed E-state index contributed by atoms with van der Waals surface area (Å²) in [6.45, 7) is 1.83. The second kappa shape index (κ2) is 9.30. The molecule has 2 aromatic carbocycles. The van der Waals surface area contributed by atoms with Gasteiger partial charge in [-0.3, -0.25) is 14.1 Å².